The fourth-order valence-electron chi connectivity index (χ4n) is 3.33. The molecule has 0 N–H and O–H groups in total. The third kappa shape index (κ3) is 2.49. The second-order valence-corrected chi connectivity index (χ2v) is 6.76. The molecule has 1 aliphatic rings. The van der Waals surface area contributed by atoms with Gasteiger partial charge in [0.25, 0.3) is 5.56 Å². The highest BCUT2D eigenvalue weighted by atomic mass is 19.1. The van der Waals surface area contributed by atoms with E-state index in [-0.39, 0.29) is 11.9 Å². The van der Waals surface area contributed by atoms with Gasteiger partial charge < -0.3 is 0 Å². The molecule has 0 aliphatic carbocycles. The highest BCUT2D eigenvalue weighted by Crippen LogP contribution is 2.30. The monoisotopic (exact) mass is 370 g/mol. The fourth-order valence-corrected chi connectivity index (χ4v) is 3.33. The number of aryl methyl sites for hydroxylation is 1. The summed E-state index contributed by atoms with van der Waals surface area (Å²) < 4.78 is 17.4. The minimum Gasteiger partial charge on any atom is -0.294 e. The van der Waals surface area contributed by atoms with Gasteiger partial charge in [0, 0.05) is 14.1 Å². The van der Waals surface area contributed by atoms with E-state index in [0.717, 1.165) is 15.8 Å². The van der Waals surface area contributed by atoms with Crippen LogP contribution >= 0.6 is 0 Å². The lowest BCUT2D eigenvalue weighted by atomic mass is 10.2. The molecule has 1 aromatic carbocycles. The Morgan fingerprint density at radius 1 is 1.11 bits per heavy atom. The van der Waals surface area contributed by atoms with Gasteiger partial charge in [-0.15, -0.1) is 0 Å². The van der Waals surface area contributed by atoms with E-state index in [2.05, 4.69) is 10.1 Å². The Balaban J connectivity index is 1.95. The number of fused-ring (bicyclic) bond motifs is 3. The molecular formula is C18H19FN6O2. The summed E-state index contributed by atoms with van der Waals surface area (Å²) in [7, 11) is 3.04. The number of benzene rings is 1. The molecule has 27 heavy (non-hydrogen) atoms. The second-order valence-electron chi connectivity index (χ2n) is 6.76. The van der Waals surface area contributed by atoms with Crippen LogP contribution in [0.2, 0.25) is 0 Å². The molecule has 4 rings (SSSR count). The summed E-state index contributed by atoms with van der Waals surface area (Å²) in [5.74, 6) is 0.169. The maximum absolute atomic E-state index is 13.2. The van der Waals surface area contributed by atoms with Crippen LogP contribution in [0.1, 0.15) is 25.5 Å². The van der Waals surface area contributed by atoms with Crippen LogP contribution in [0.25, 0.3) is 11.2 Å². The van der Waals surface area contributed by atoms with Crippen LogP contribution in [0.3, 0.4) is 0 Å². The first-order valence-electron chi connectivity index (χ1n) is 8.54. The summed E-state index contributed by atoms with van der Waals surface area (Å²) in [6.07, 6.45) is 0. The molecule has 0 unspecified atom stereocenters. The van der Waals surface area contributed by atoms with Gasteiger partial charge in [-0.05, 0) is 31.5 Å². The lowest BCUT2D eigenvalue weighted by Gasteiger charge is -2.29. The molecule has 3 aromatic rings. The lowest BCUT2D eigenvalue weighted by molar-refractivity contribution is 0.623. The quantitative estimate of drug-likeness (QED) is 0.685. The van der Waals surface area contributed by atoms with Crippen LogP contribution < -0.4 is 16.3 Å². The van der Waals surface area contributed by atoms with Crippen molar-refractivity contribution in [3.63, 3.8) is 0 Å². The molecule has 0 spiro atoms. The summed E-state index contributed by atoms with van der Waals surface area (Å²) in [5, 5.41) is 6.27. The lowest BCUT2D eigenvalue weighted by Crippen LogP contribution is -2.38. The molecule has 9 heteroatoms. The summed E-state index contributed by atoms with van der Waals surface area (Å²) in [6.45, 7) is 4.18. The van der Waals surface area contributed by atoms with Gasteiger partial charge in [0.15, 0.2) is 11.2 Å². The fraction of sp³-hybridized carbons (Fsp3) is 0.333. The molecule has 0 radical (unpaired) electrons. The molecule has 0 saturated carbocycles. The third-order valence-electron chi connectivity index (χ3n) is 5.02. The molecule has 1 atom stereocenters. The first-order valence-corrected chi connectivity index (χ1v) is 8.54. The summed E-state index contributed by atoms with van der Waals surface area (Å²) in [4.78, 5) is 29.6. The smallest absolute Gasteiger partial charge is 0.294 e. The minimum atomic E-state index is -0.432. The SMILES string of the molecule is CC1=NN(Cc2ccc(F)cc2)c2nc3c(c(=O)n(C)c(=O)n3C)n2[C@H]1C. The Labute approximate surface area is 153 Å². The minimum absolute atomic E-state index is 0.181. The van der Waals surface area contributed by atoms with Crippen molar-refractivity contribution < 1.29 is 4.39 Å². The zero-order valence-corrected chi connectivity index (χ0v) is 15.5. The largest absolute Gasteiger partial charge is 0.332 e. The molecule has 0 saturated heterocycles. The summed E-state index contributed by atoms with van der Waals surface area (Å²) in [5.41, 5.74) is 1.51. The number of aromatic nitrogens is 4. The van der Waals surface area contributed by atoms with Crippen LogP contribution in [0.15, 0.2) is 39.0 Å². The van der Waals surface area contributed by atoms with Gasteiger partial charge in [-0.2, -0.15) is 10.1 Å². The topological polar surface area (TPSA) is 77.4 Å². The summed E-state index contributed by atoms with van der Waals surface area (Å²) in [6, 6.07) is 5.96. The van der Waals surface area contributed by atoms with Crippen molar-refractivity contribution in [2.75, 3.05) is 5.01 Å². The van der Waals surface area contributed by atoms with Crippen molar-refractivity contribution in [3.05, 3.63) is 56.5 Å². The van der Waals surface area contributed by atoms with Crippen LogP contribution in [-0.2, 0) is 20.6 Å². The molecular weight excluding hydrogens is 351 g/mol. The van der Waals surface area contributed by atoms with Crippen molar-refractivity contribution >= 4 is 22.8 Å². The summed E-state index contributed by atoms with van der Waals surface area (Å²) >= 11 is 0. The molecule has 8 nitrogen and oxygen atoms in total. The van der Waals surface area contributed by atoms with E-state index >= 15 is 0 Å². The van der Waals surface area contributed by atoms with Crippen molar-refractivity contribution in [3.8, 4) is 0 Å². The molecule has 1 aliphatic heterocycles. The maximum Gasteiger partial charge on any atom is 0.332 e. The number of halogens is 1. The van der Waals surface area contributed by atoms with Gasteiger partial charge in [0.2, 0.25) is 5.95 Å². The molecule has 0 fully saturated rings. The van der Waals surface area contributed by atoms with Crippen molar-refractivity contribution in [1.29, 1.82) is 0 Å². The zero-order chi connectivity index (χ0) is 19.5. The number of hydrazone groups is 1. The van der Waals surface area contributed by atoms with Gasteiger partial charge in [-0.25, -0.2) is 14.2 Å². The van der Waals surface area contributed by atoms with E-state index in [0.29, 0.717) is 23.7 Å². The first kappa shape index (κ1) is 17.2. The second kappa shape index (κ2) is 5.90. The predicted molar refractivity (Wildman–Crippen MR) is 101 cm³/mol. The van der Waals surface area contributed by atoms with E-state index in [1.54, 1.807) is 24.2 Å². The van der Waals surface area contributed by atoms with E-state index < -0.39 is 11.2 Å². The Morgan fingerprint density at radius 3 is 2.44 bits per heavy atom. The standard InChI is InChI=1S/C18H19FN6O2/c1-10-11(2)25-14-15(22(3)18(27)23(4)16(14)26)20-17(25)24(21-10)9-12-5-7-13(19)8-6-12/h5-8,11H,9H2,1-4H3/t11-/m0/s1. The average molecular weight is 370 g/mol. The van der Waals surface area contributed by atoms with Crippen molar-refractivity contribution in [2.24, 2.45) is 19.2 Å². The van der Waals surface area contributed by atoms with Crippen molar-refractivity contribution in [2.45, 2.75) is 26.4 Å². The van der Waals surface area contributed by atoms with Gasteiger partial charge in [-0.1, -0.05) is 12.1 Å². The van der Waals surface area contributed by atoms with Gasteiger partial charge in [0.05, 0.1) is 18.3 Å². The average Bonchev–Trinajstić information content (AvgIpc) is 3.05. The highest BCUT2D eigenvalue weighted by Gasteiger charge is 2.30. The number of hydrogen-bond acceptors (Lipinski definition) is 5. The normalized spacial score (nSPS) is 16.6. The van der Waals surface area contributed by atoms with Crippen LogP contribution in [0.5, 0.6) is 0 Å². The molecule has 0 amide bonds. The molecule has 140 valence electrons. The Kier molecular flexibility index (Phi) is 3.76. The Morgan fingerprint density at radius 2 is 1.78 bits per heavy atom. The zero-order valence-electron chi connectivity index (χ0n) is 15.5. The number of anilines is 1. The van der Waals surface area contributed by atoms with Crippen molar-refractivity contribution in [1.82, 2.24) is 18.7 Å². The Hall–Kier alpha value is -3.23. The van der Waals surface area contributed by atoms with E-state index in [1.165, 1.54) is 23.7 Å². The van der Waals surface area contributed by atoms with Gasteiger partial charge in [-0.3, -0.25) is 18.5 Å². The number of hydrogen-bond donors (Lipinski definition) is 0. The molecule has 3 heterocycles. The van der Waals surface area contributed by atoms with Gasteiger partial charge in [0.1, 0.15) is 5.82 Å². The van der Waals surface area contributed by atoms with Crippen LogP contribution in [0, 0.1) is 5.82 Å². The third-order valence-corrected chi connectivity index (χ3v) is 5.02. The highest BCUT2D eigenvalue weighted by molar-refractivity contribution is 5.91. The number of nitrogens with zero attached hydrogens (tertiary/aromatic N) is 6. The van der Waals surface area contributed by atoms with Gasteiger partial charge >= 0.3 is 5.69 Å². The first-order chi connectivity index (χ1) is 12.8. The van der Waals surface area contributed by atoms with Crippen LogP contribution in [0.4, 0.5) is 10.3 Å². The molecule has 2 aromatic heterocycles. The van der Waals surface area contributed by atoms with Crippen LogP contribution in [-0.4, -0.2) is 24.4 Å². The Bertz CT molecular complexity index is 1200. The molecule has 0 bridgehead atoms. The maximum atomic E-state index is 13.2. The van der Waals surface area contributed by atoms with E-state index in [4.69, 9.17) is 0 Å². The number of rotatable bonds is 2. The van der Waals surface area contributed by atoms with E-state index in [1.807, 2.05) is 18.4 Å². The number of imidazole rings is 1. The van der Waals surface area contributed by atoms with E-state index in [9.17, 15) is 14.0 Å². The predicted octanol–water partition coefficient (Wildman–Crippen LogP) is 1.53.